The summed E-state index contributed by atoms with van der Waals surface area (Å²) in [5.74, 6) is 0.483. The third-order valence-corrected chi connectivity index (χ3v) is 1.93. The molecule has 1 unspecified atom stereocenters. The molecule has 0 fully saturated rings. The van der Waals surface area contributed by atoms with E-state index >= 15 is 0 Å². The molecule has 0 bridgehead atoms. The first-order valence-electron chi connectivity index (χ1n) is 5.00. The number of hydrogen-bond acceptors (Lipinski definition) is 4. The van der Waals surface area contributed by atoms with Crippen molar-refractivity contribution in [1.82, 2.24) is 15.3 Å². The minimum atomic E-state index is -0.604. The zero-order valence-electron chi connectivity index (χ0n) is 8.48. The van der Waals surface area contributed by atoms with Crippen LogP contribution in [0.5, 0.6) is 0 Å². The first-order chi connectivity index (χ1) is 6.84. The molecule has 78 valence electrons. The molecule has 0 aliphatic rings. The van der Waals surface area contributed by atoms with Crippen LogP contribution in [0.3, 0.4) is 0 Å². The summed E-state index contributed by atoms with van der Waals surface area (Å²) in [5.41, 5.74) is 0. The highest BCUT2D eigenvalue weighted by atomic mass is 16.3. The number of rotatable bonds is 6. The lowest BCUT2D eigenvalue weighted by atomic mass is 10.3. The number of nitrogens with one attached hydrogen (secondary N) is 1. The molecule has 4 nitrogen and oxygen atoms in total. The number of unbranched alkanes of at least 4 members (excludes halogenated alkanes) is 1. The van der Waals surface area contributed by atoms with Gasteiger partial charge in [-0.1, -0.05) is 13.3 Å². The molecule has 0 amide bonds. The monoisotopic (exact) mass is 195 g/mol. The summed E-state index contributed by atoms with van der Waals surface area (Å²) < 4.78 is 0. The van der Waals surface area contributed by atoms with Gasteiger partial charge in [-0.25, -0.2) is 9.97 Å². The molecule has 0 aliphatic heterocycles. The maximum absolute atomic E-state index is 9.63. The second-order valence-electron chi connectivity index (χ2n) is 3.18. The average Bonchev–Trinajstić information content (AvgIpc) is 2.25. The van der Waals surface area contributed by atoms with E-state index in [9.17, 15) is 5.11 Å². The van der Waals surface area contributed by atoms with Gasteiger partial charge in [0.1, 0.15) is 6.10 Å². The lowest BCUT2D eigenvalue weighted by molar-refractivity contribution is 0.165. The standard InChI is InChI=1S/C10H17N3O/c1-2-3-5-11-8-9(14)10-12-6-4-7-13-10/h4,6-7,9,11,14H,2-3,5,8H2,1H3. The second kappa shape index (κ2) is 6.45. The van der Waals surface area contributed by atoms with Gasteiger partial charge in [0.25, 0.3) is 0 Å². The quantitative estimate of drug-likeness (QED) is 0.662. The number of aliphatic hydroxyl groups is 1. The second-order valence-corrected chi connectivity index (χ2v) is 3.18. The predicted molar refractivity (Wildman–Crippen MR) is 54.8 cm³/mol. The Hall–Kier alpha value is -1.00. The zero-order chi connectivity index (χ0) is 10.2. The molecule has 4 heteroatoms. The maximum atomic E-state index is 9.63. The van der Waals surface area contributed by atoms with Gasteiger partial charge < -0.3 is 10.4 Å². The van der Waals surface area contributed by atoms with Gasteiger partial charge in [-0.05, 0) is 19.0 Å². The van der Waals surface area contributed by atoms with E-state index in [0.717, 1.165) is 19.4 Å². The fourth-order valence-corrected chi connectivity index (χ4v) is 1.11. The van der Waals surface area contributed by atoms with E-state index in [1.807, 2.05) is 0 Å². The molecule has 2 N–H and O–H groups in total. The van der Waals surface area contributed by atoms with Gasteiger partial charge in [-0.2, -0.15) is 0 Å². The van der Waals surface area contributed by atoms with Crippen molar-refractivity contribution in [2.75, 3.05) is 13.1 Å². The molecule has 1 aromatic rings. The summed E-state index contributed by atoms with van der Waals surface area (Å²) >= 11 is 0. The number of nitrogens with zero attached hydrogens (tertiary/aromatic N) is 2. The van der Waals surface area contributed by atoms with E-state index in [1.165, 1.54) is 0 Å². The average molecular weight is 195 g/mol. The normalized spacial score (nSPS) is 12.7. The first-order valence-corrected chi connectivity index (χ1v) is 5.00. The fourth-order valence-electron chi connectivity index (χ4n) is 1.11. The van der Waals surface area contributed by atoms with Gasteiger partial charge in [-0.15, -0.1) is 0 Å². The van der Waals surface area contributed by atoms with Crippen LogP contribution in [0.1, 0.15) is 31.7 Å². The van der Waals surface area contributed by atoms with Crippen LogP contribution in [-0.4, -0.2) is 28.2 Å². The van der Waals surface area contributed by atoms with Gasteiger partial charge in [0, 0.05) is 18.9 Å². The molecule has 0 saturated carbocycles. The van der Waals surface area contributed by atoms with Crippen LogP contribution in [-0.2, 0) is 0 Å². The van der Waals surface area contributed by atoms with Crippen molar-refractivity contribution in [3.05, 3.63) is 24.3 Å². The minimum absolute atomic E-state index is 0.483. The number of aromatic nitrogens is 2. The van der Waals surface area contributed by atoms with Crippen LogP contribution < -0.4 is 5.32 Å². The van der Waals surface area contributed by atoms with Crippen LogP contribution in [0.15, 0.2) is 18.5 Å². The summed E-state index contributed by atoms with van der Waals surface area (Å²) in [5, 5.41) is 12.8. The third-order valence-electron chi connectivity index (χ3n) is 1.93. The van der Waals surface area contributed by atoms with Gasteiger partial charge >= 0.3 is 0 Å². The molecule has 0 saturated heterocycles. The highest BCUT2D eigenvalue weighted by Crippen LogP contribution is 2.03. The van der Waals surface area contributed by atoms with E-state index in [0.29, 0.717) is 12.4 Å². The Morgan fingerprint density at radius 2 is 2.14 bits per heavy atom. The van der Waals surface area contributed by atoms with Crippen molar-refractivity contribution in [2.45, 2.75) is 25.9 Å². The Balaban J connectivity index is 2.25. The first kappa shape index (κ1) is 11.1. The number of hydrogen-bond donors (Lipinski definition) is 2. The van der Waals surface area contributed by atoms with Gasteiger partial charge in [0.05, 0.1) is 0 Å². The smallest absolute Gasteiger partial charge is 0.158 e. The lowest BCUT2D eigenvalue weighted by Crippen LogP contribution is -2.23. The Morgan fingerprint density at radius 1 is 1.43 bits per heavy atom. The van der Waals surface area contributed by atoms with Gasteiger partial charge in [0.15, 0.2) is 5.82 Å². The van der Waals surface area contributed by atoms with Gasteiger partial charge in [0.2, 0.25) is 0 Å². The van der Waals surface area contributed by atoms with Crippen molar-refractivity contribution in [2.24, 2.45) is 0 Å². The molecular formula is C10H17N3O. The summed E-state index contributed by atoms with van der Waals surface area (Å²) in [6.45, 7) is 3.59. The highest BCUT2D eigenvalue weighted by Gasteiger charge is 2.08. The Bertz CT molecular complexity index is 240. The van der Waals surface area contributed by atoms with Crippen LogP contribution in [0.2, 0.25) is 0 Å². The van der Waals surface area contributed by atoms with Crippen LogP contribution in [0.4, 0.5) is 0 Å². The van der Waals surface area contributed by atoms with E-state index in [-0.39, 0.29) is 0 Å². The summed E-state index contributed by atoms with van der Waals surface area (Å²) in [6.07, 6.45) is 4.95. The molecule has 0 radical (unpaired) electrons. The van der Waals surface area contributed by atoms with Crippen molar-refractivity contribution < 1.29 is 5.11 Å². The summed E-state index contributed by atoms with van der Waals surface area (Å²) in [4.78, 5) is 7.95. The van der Waals surface area contributed by atoms with E-state index < -0.39 is 6.10 Å². The van der Waals surface area contributed by atoms with Crippen molar-refractivity contribution in [1.29, 1.82) is 0 Å². The topological polar surface area (TPSA) is 58.0 Å². The molecule has 0 spiro atoms. The third kappa shape index (κ3) is 3.81. The van der Waals surface area contributed by atoms with E-state index in [2.05, 4.69) is 22.2 Å². The van der Waals surface area contributed by atoms with Crippen LogP contribution in [0.25, 0.3) is 0 Å². The van der Waals surface area contributed by atoms with E-state index in [1.54, 1.807) is 18.5 Å². The lowest BCUT2D eigenvalue weighted by Gasteiger charge is -2.09. The maximum Gasteiger partial charge on any atom is 0.158 e. The van der Waals surface area contributed by atoms with Gasteiger partial charge in [-0.3, -0.25) is 0 Å². The zero-order valence-corrected chi connectivity index (χ0v) is 8.48. The minimum Gasteiger partial charge on any atom is -0.384 e. The number of aliphatic hydroxyl groups excluding tert-OH is 1. The Kier molecular flexibility index (Phi) is 5.11. The molecule has 1 aromatic heterocycles. The fraction of sp³-hybridized carbons (Fsp3) is 0.600. The van der Waals surface area contributed by atoms with Crippen LogP contribution in [0, 0.1) is 0 Å². The summed E-state index contributed by atoms with van der Waals surface area (Å²) in [6, 6.07) is 1.74. The largest absolute Gasteiger partial charge is 0.384 e. The molecule has 14 heavy (non-hydrogen) atoms. The predicted octanol–water partition coefficient (Wildman–Crippen LogP) is 0.900. The molecule has 0 aliphatic carbocycles. The molecule has 0 aromatic carbocycles. The van der Waals surface area contributed by atoms with Crippen molar-refractivity contribution in [3.63, 3.8) is 0 Å². The molecule has 1 atom stereocenters. The van der Waals surface area contributed by atoms with Crippen molar-refractivity contribution in [3.8, 4) is 0 Å². The highest BCUT2D eigenvalue weighted by molar-refractivity contribution is 4.92. The summed E-state index contributed by atoms with van der Waals surface area (Å²) in [7, 11) is 0. The Labute approximate surface area is 84.4 Å². The molecule has 1 heterocycles. The Morgan fingerprint density at radius 3 is 2.79 bits per heavy atom. The van der Waals surface area contributed by atoms with Crippen molar-refractivity contribution >= 4 is 0 Å². The van der Waals surface area contributed by atoms with E-state index in [4.69, 9.17) is 0 Å². The van der Waals surface area contributed by atoms with Crippen LogP contribution >= 0.6 is 0 Å². The molecular weight excluding hydrogens is 178 g/mol. The molecule has 1 rings (SSSR count). The SMILES string of the molecule is CCCCNCC(O)c1ncccn1.